The summed E-state index contributed by atoms with van der Waals surface area (Å²) in [6, 6.07) is 16.7. The molecule has 4 heteroatoms. The van der Waals surface area contributed by atoms with Crippen LogP contribution in [0.1, 0.15) is 17.5 Å². The van der Waals surface area contributed by atoms with Crippen LogP contribution in [0.15, 0.2) is 78.4 Å². The van der Waals surface area contributed by atoms with E-state index >= 15 is 0 Å². The van der Waals surface area contributed by atoms with Gasteiger partial charge in [0, 0.05) is 11.4 Å². The van der Waals surface area contributed by atoms with E-state index in [4.69, 9.17) is 34.8 Å². The summed E-state index contributed by atoms with van der Waals surface area (Å²) in [4.78, 5) is 0. The largest absolute Gasteiger partial charge is 0.376 e. The monoisotopic (exact) mass is 364 g/mol. The predicted octanol–water partition coefficient (Wildman–Crippen LogP) is 5.64. The van der Waals surface area contributed by atoms with Crippen molar-refractivity contribution in [2.24, 2.45) is 0 Å². The Morgan fingerprint density at radius 3 is 2.09 bits per heavy atom. The first kappa shape index (κ1) is 16.6. The van der Waals surface area contributed by atoms with E-state index in [0.717, 1.165) is 16.7 Å². The maximum Gasteiger partial charge on any atom is 0.140 e. The molecule has 3 rings (SSSR count). The van der Waals surface area contributed by atoms with Gasteiger partial charge < -0.3 is 5.11 Å². The zero-order chi connectivity index (χ0) is 16.5. The van der Waals surface area contributed by atoms with Crippen LogP contribution in [0.25, 0.3) is 0 Å². The van der Waals surface area contributed by atoms with Crippen molar-refractivity contribution in [2.45, 2.75) is 16.4 Å². The van der Waals surface area contributed by atoms with Crippen LogP contribution in [0, 0.1) is 0 Å². The highest BCUT2D eigenvalue weighted by atomic mass is 35.5. The van der Waals surface area contributed by atoms with E-state index in [-0.39, 0.29) is 0 Å². The van der Waals surface area contributed by atoms with Gasteiger partial charge in [0.15, 0.2) is 0 Å². The molecule has 1 atom stereocenters. The normalized spacial score (nSPS) is 19.0. The van der Waals surface area contributed by atoms with Gasteiger partial charge in [0.1, 0.15) is 9.93 Å². The first-order valence-corrected chi connectivity index (χ1v) is 8.37. The Bertz CT molecular complexity index is 748. The minimum absolute atomic E-state index is 0.435. The Hall–Kier alpha value is -1.25. The lowest BCUT2D eigenvalue weighted by atomic mass is 9.78. The fraction of sp³-hybridized carbons (Fsp3) is 0.158. The summed E-state index contributed by atoms with van der Waals surface area (Å²) in [5.74, 6) is 0. The lowest BCUT2D eigenvalue weighted by Gasteiger charge is -2.33. The molecule has 1 N–H and O–H groups in total. The molecule has 0 saturated carbocycles. The van der Waals surface area contributed by atoms with E-state index in [1.165, 1.54) is 0 Å². The van der Waals surface area contributed by atoms with Crippen molar-refractivity contribution in [1.29, 1.82) is 0 Å². The molecule has 118 valence electrons. The number of aliphatic hydroxyl groups is 1. The van der Waals surface area contributed by atoms with Crippen LogP contribution < -0.4 is 0 Å². The first-order valence-electron chi connectivity index (χ1n) is 7.23. The van der Waals surface area contributed by atoms with Crippen molar-refractivity contribution < 1.29 is 5.11 Å². The van der Waals surface area contributed by atoms with Gasteiger partial charge in [-0.05, 0) is 34.9 Å². The second kappa shape index (κ2) is 6.33. The van der Waals surface area contributed by atoms with E-state index in [0.29, 0.717) is 11.4 Å². The molecule has 1 aliphatic rings. The van der Waals surface area contributed by atoms with Crippen molar-refractivity contribution in [1.82, 2.24) is 0 Å². The molecule has 0 heterocycles. The molecule has 0 amide bonds. The van der Waals surface area contributed by atoms with E-state index < -0.39 is 9.93 Å². The molecule has 0 fully saturated rings. The lowest BCUT2D eigenvalue weighted by Crippen LogP contribution is -2.31. The Balaban J connectivity index is 2.14. The van der Waals surface area contributed by atoms with Crippen LogP contribution in [0.4, 0.5) is 0 Å². The average molecular weight is 366 g/mol. The summed E-state index contributed by atoms with van der Waals surface area (Å²) >= 11 is 18.3. The Morgan fingerprint density at radius 2 is 1.52 bits per heavy atom. The van der Waals surface area contributed by atoms with Crippen molar-refractivity contribution in [3.8, 4) is 0 Å². The number of rotatable bonds is 3. The number of hydrogen-bond donors (Lipinski definition) is 1. The lowest BCUT2D eigenvalue weighted by molar-refractivity contribution is 0.124. The van der Waals surface area contributed by atoms with Gasteiger partial charge in [-0.2, -0.15) is 0 Å². The smallest absolute Gasteiger partial charge is 0.140 e. The summed E-state index contributed by atoms with van der Waals surface area (Å²) in [5.41, 5.74) is 0.963. The molecule has 0 aliphatic heterocycles. The summed E-state index contributed by atoms with van der Waals surface area (Å²) in [6.45, 7) is 0. The van der Waals surface area contributed by atoms with Gasteiger partial charge in [-0.3, -0.25) is 0 Å². The van der Waals surface area contributed by atoms with Gasteiger partial charge in [0.2, 0.25) is 0 Å². The molecular weight excluding hydrogens is 351 g/mol. The minimum atomic E-state index is -1.29. The molecule has 1 unspecified atom stereocenters. The van der Waals surface area contributed by atoms with Crippen LogP contribution in [0.5, 0.6) is 0 Å². The molecule has 0 aromatic heterocycles. The Labute approximate surface area is 150 Å². The number of alkyl halides is 2. The molecule has 0 bridgehead atoms. The van der Waals surface area contributed by atoms with Crippen molar-refractivity contribution in [3.05, 3.63) is 94.5 Å². The van der Waals surface area contributed by atoms with Crippen molar-refractivity contribution in [3.63, 3.8) is 0 Å². The van der Waals surface area contributed by atoms with Crippen LogP contribution in [0.3, 0.4) is 0 Å². The average Bonchev–Trinajstić information content (AvgIpc) is 2.55. The zero-order valence-electron chi connectivity index (χ0n) is 12.2. The highest BCUT2D eigenvalue weighted by Crippen LogP contribution is 2.42. The van der Waals surface area contributed by atoms with E-state index in [1.54, 1.807) is 24.3 Å². The highest BCUT2D eigenvalue weighted by molar-refractivity contribution is 6.50. The third-order valence-electron chi connectivity index (χ3n) is 3.97. The third-order valence-corrected chi connectivity index (χ3v) is 4.78. The van der Waals surface area contributed by atoms with Crippen LogP contribution in [0.2, 0.25) is 5.02 Å². The molecular formula is C19H15Cl3O. The maximum atomic E-state index is 11.6. The van der Waals surface area contributed by atoms with Gasteiger partial charge in [-0.25, -0.2) is 0 Å². The summed E-state index contributed by atoms with van der Waals surface area (Å²) in [6.07, 6.45) is 5.80. The van der Waals surface area contributed by atoms with Crippen molar-refractivity contribution in [2.75, 3.05) is 0 Å². The SMILES string of the molecule is OC(C1=CCC(Cl)(Cl)C=C1)(c1ccccc1)c1ccc(Cl)cc1. The second-order valence-corrected chi connectivity index (χ2v) is 7.52. The molecule has 0 radical (unpaired) electrons. The maximum absolute atomic E-state index is 11.6. The predicted molar refractivity (Wildman–Crippen MR) is 97.2 cm³/mol. The van der Waals surface area contributed by atoms with Crippen LogP contribution in [-0.2, 0) is 5.60 Å². The molecule has 0 saturated heterocycles. The van der Waals surface area contributed by atoms with E-state index in [9.17, 15) is 5.11 Å². The summed E-state index contributed by atoms with van der Waals surface area (Å²) in [7, 11) is 0. The van der Waals surface area contributed by atoms with Gasteiger partial charge in [-0.15, -0.1) is 0 Å². The quantitative estimate of drug-likeness (QED) is 0.698. The summed E-state index contributed by atoms with van der Waals surface area (Å²) < 4.78 is -0.929. The highest BCUT2D eigenvalue weighted by Gasteiger charge is 2.37. The molecule has 23 heavy (non-hydrogen) atoms. The summed E-state index contributed by atoms with van der Waals surface area (Å²) in [5, 5.41) is 12.2. The number of hydrogen-bond acceptors (Lipinski definition) is 1. The Morgan fingerprint density at radius 1 is 0.913 bits per heavy atom. The number of benzene rings is 2. The van der Waals surface area contributed by atoms with Crippen LogP contribution in [-0.4, -0.2) is 9.44 Å². The van der Waals surface area contributed by atoms with Gasteiger partial charge in [0.25, 0.3) is 0 Å². The standard InChI is InChI=1S/C19H15Cl3O/c20-17-8-6-15(7-9-17)19(23,14-4-2-1-3-5-14)16-10-12-18(21,22)13-11-16/h1-12,23H,13H2. The topological polar surface area (TPSA) is 20.2 Å². The number of allylic oxidation sites excluding steroid dienone is 2. The minimum Gasteiger partial charge on any atom is -0.376 e. The fourth-order valence-electron chi connectivity index (χ4n) is 2.73. The fourth-order valence-corrected chi connectivity index (χ4v) is 3.14. The number of halogens is 3. The third kappa shape index (κ3) is 3.34. The zero-order valence-corrected chi connectivity index (χ0v) is 14.5. The van der Waals surface area contributed by atoms with E-state index in [2.05, 4.69) is 0 Å². The Kier molecular flexibility index (Phi) is 4.57. The second-order valence-electron chi connectivity index (χ2n) is 5.54. The van der Waals surface area contributed by atoms with E-state index in [1.807, 2.05) is 48.5 Å². The van der Waals surface area contributed by atoms with Gasteiger partial charge in [0.05, 0.1) is 0 Å². The molecule has 2 aromatic rings. The van der Waals surface area contributed by atoms with Gasteiger partial charge >= 0.3 is 0 Å². The molecule has 2 aromatic carbocycles. The van der Waals surface area contributed by atoms with Crippen LogP contribution >= 0.6 is 34.8 Å². The molecule has 1 nitrogen and oxygen atoms in total. The van der Waals surface area contributed by atoms with Gasteiger partial charge in [-0.1, -0.05) is 89.4 Å². The van der Waals surface area contributed by atoms with Crippen molar-refractivity contribution >= 4 is 34.8 Å². The first-order chi connectivity index (χ1) is 10.9. The molecule has 1 aliphatic carbocycles. The molecule has 0 spiro atoms.